The zero-order chi connectivity index (χ0) is 11.5. The van der Waals surface area contributed by atoms with Crippen LogP contribution in [-0.2, 0) is 4.79 Å². The van der Waals surface area contributed by atoms with Crippen molar-refractivity contribution >= 4 is 11.7 Å². The van der Waals surface area contributed by atoms with Crippen molar-refractivity contribution in [3.63, 3.8) is 0 Å². The van der Waals surface area contributed by atoms with Crippen molar-refractivity contribution in [3.8, 4) is 0 Å². The van der Waals surface area contributed by atoms with E-state index in [-0.39, 0.29) is 5.56 Å². The molecule has 0 radical (unpaired) electrons. The number of H-pyrrole nitrogens is 1. The monoisotopic (exact) mass is 223 g/mol. The first-order valence-electron chi connectivity index (χ1n) is 5.22. The van der Waals surface area contributed by atoms with Crippen LogP contribution in [0, 0.1) is 0 Å². The molecule has 0 saturated carbocycles. The van der Waals surface area contributed by atoms with E-state index in [0.29, 0.717) is 18.7 Å². The van der Waals surface area contributed by atoms with Crippen LogP contribution in [0.15, 0.2) is 17.1 Å². The SMILES string of the molecule is O=C(O)[C@@H]1CCCCN1c1cn[nH]c(=O)c1. The second kappa shape index (κ2) is 4.34. The van der Waals surface area contributed by atoms with Gasteiger partial charge in [-0.1, -0.05) is 0 Å². The Morgan fingerprint density at radius 2 is 2.38 bits per heavy atom. The highest BCUT2D eigenvalue weighted by Crippen LogP contribution is 2.22. The molecule has 0 aromatic carbocycles. The lowest BCUT2D eigenvalue weighted by molar-refractivity contribution is -0.139. The van der Waals surface area contributed by atoms with E-state index in [4.69, 9.17) is 5.11 Å². The van der Waals surface area contributed by atoms with E-state index in [1.54, 1.807) is 4.90 Å². The van der Waals surface area contributed by atoms with E-state index in [2.05, 4.69) is 10.2 Å². The van der Waals surface area contributed by atoms with Crippen LogP contribution < -0.4 is 10.5 Å². The fourth-order valence-electron chi connectivity index (χ4n) is 2.02. The molecule has 0 bridgehead atoms. The molecule has 0 unspecified atom stereocenters. The third-order valence-corrected chi connectivity index (χ3v) is 2.77. The highest BCUT2D eigenvalue weighted by atomic mass is 16.4. The zero-order valence-corrected chi connectivity index (χ0v) is 8.72. The fourth-order valence-corrected chi connectivity index (χ4v) is 2.02. The number of nitrogens with zero attached hydrogens (tertiary/aromatic N) is 2. The Labute approximate surface area is 91.9 Å². The number of nitrogens with one attached hydrogen (secondary N) is 1. The van der Waals surface area contributed by atoms with Crippen molar-refractivity contribution < 1.29 is 9.90 Å². The summed E-state index contributed by atoms with van der Waals surface area (Å²) in [4.78, 5) is 23.9. The topological polar surface area (TPSA) is 86.3 Å². The standard InChI is InChI=1S/C10H13N3O3/c14-9-5-7(6-11-12-9)13-4-2-1-3-8(13)10(15)16/h5-6,8H,1-4H2,(H,12,14)(H,15,16)/t8-/m0/s1. The summed E-state index contributed by atoms with van der Waals surface area (Å²) in [5.41, 5.74) is 0.267. The maximum Gasteiger partial charge on any atom is 0.326 e. The summed E-state index contributed by atoms with van der Waals surface area (Å²) in [7, 11) is 0. The van der Waals surface area contributed by atoms with Gasteiger partial charge in [0.25, 0.3) is 5.56 Å². The molecule has 2 N–H and O–H groups in total. The number of hydrogen-bond donors (Lipinski definition) is 2. The number of aromatic amines is 1. The van der Waals surface area contributed by atoms with Gasteiger partial charge in [-0.3, -0.25) is 4.79 Å². The van der Waals surface area contributed by atoms with E-state index in [0.717, 1.165) is 12.8 Å². The Kier molecular flexibility index (Phi) is 2.89. The second-order valence-corrected chi connectivity index (χ2v) is 3.85. The first-order chi connectivity index (χ1) is 7.68. The number of aliphatic carboxylic acids is 1. The summed E-state index contributed by atoms with van der Waals surface area (Å²) in [5.74, 6) is -0.847. The molecule has 1 aliphatic rings. The predicted molar refractivity (Wildman–Crippen MR) is 57.5 cm³/mol. The predicted octanol–water partition coefficient (Wildman–Crippen LogP) is 0.213. The summed E-state index contributed by atoms with van der Waals surface area (Å²) >= 11 is 0. The van der Waals surface area contributed by atoms with Crippen LogP contribution in [0.25, 0.3) is 0 Å². The molecule has 1 atom stereocenters. The minimum Gasteiger partial charge on any atom is -0.480 e. The summed E-state index contributed by atoms with van der Waals surface area (Å²) in [6.45, 7) is 0.655. The summed E-state index contributed by atoms with van der Waals surface area (Å²) in [6.07, 6.45) is 3.95. The second-order valence-electron chi connectivity index (χ2n) is 3.85. The van der Waals surface area contributed by atoms with Gasteiger partial charge in [-0.15, -0.1) is 0 Å². The van der Waals surface area contributed by atoms with Gasteiger partial charge in [0.15, 0.2) is 0 Å². The summed E-state index contributed by atoms with van der Waals surface area (Å²) in [5, 5.41) is 15.0. The van der Waals surface area contributed by atoms with Gasteiger partial charge in [-0.2, -0.15) is 5.10 Å². The van der Waals surface area contributed by atoms with Crippen molar-refractivity contribution in [1.82, 2.24) is 10.2 Å². The van der Waals surface area contributed by atoms with E-state index < -0.39 is 12.0 Å². The lowest BCUT2D eigenvalue weighted by Crippen LogP contribution is -2.45. The van der Waals surface area contributed by atoms with E-state index in [1.165, 1.54) is 12.3 Å². The zero-order valence-electron chi connectivity index (χ0n) is 8.72. The number of aromatic nitrogens is 2. The molecule has 1 aliphatic heterocycles. The first kappa shape index (κ1) is 10.7. The number of rotatable bonds is 2. The number of anilines is 1. The molecular formula is C10H13N3O3. The molecule has 6 nitrogen and oxygen atoms in total. The van der Waals surface area contributed by atoms with Gasteiger partial charge in [-0.25, -0.2) is 9.89 Å². The van der Waals surface area contributed by atoms with Crippen LogP contribution in [0.3, 0.4) is 0 Å². The van der Waals surface area contributed by atoms with Crippen LogP contribution in [-0.4, -0.2) is 33.9 Å². The van der Waals surface area contributed by atoms with Crippen molar-refractivity contribution in [2.24, 2.45) is 0 Å². The molecule has 16 heavy (non-hydrogen) atoms. The minimum atomic E-state index is -0.847. The quantitative estimate of drug-likeness (QED) is 0.748. The van der Waals surface area contributed by atoms with Crippen molar-refractivity contribution in [3.05, 3.63) is 22.6 Å². The van der Waals surface area contributed by atoms with E-state index >= 15 is 0 Å². The van der Waals surface area contributed by atoms with Gasteiger partial charge in [0, 0.05) is 12.6 Å². The maximum absolute atomic E-state index is 11.1. The number of carboxylic acids is 1. The Morgan fingerprint density at radius 3 is 3.06 bits per heavy atom. The summed E-state index contributed by atoms with van der Waals surface area (Å²) in [6, 6.07) is 0.839. The van der Waals surface area contributed by atoms with Gasteiger partial charge < -0.3 is 10.0 Å². The van der Waals surface area contributed by atoms with Crippen LogP contribution in [0.2, 0.25) is 0 Å². The average Bonchev–Trinajstić information content (AvgIpc) is 2.29. The van der Waals surface area contributed by atoms with E-state index in [1.807, 2.05) is 0 Å². The molecule has 1 aromatic heterocycles. The lowest BCUT2D eigenvalue weighted by atomic mass is 10.0. The Balaban J connectivity index is 2.30. The Bertz CT molecular complexity index is 443. The van der Waals surface area contributed by atoms with Gasteiger partial charge in [0.1, 0.15) is 6.04 Å². The number of carbonyl (C=O) groups is 1. The van der Waals surface area contributed by atoms with Gasteiger partial charge in [0.05, 0.1) is 11.9 Å². The molecule has 6 heteroatoms. The van der Waals surface area contributed by atoms with E-state index in [9.17, 15) is 9.59 Å². The molecule has 0 amide bonds. The normalized spacial score (nSPS) is 20.8. The third kappa shape index (κ3) is 2.05. The van der Waals surface area contributed by atoms with Crippen LogP contribution in [0.5, 0.6) is 0 Å². The third-order valence-electron chi connectivity index (χ3n) is 2.77. The smallest absolute Gasteiger partial charge is 0.326 e. The summed E-state index contributed by atoms with van der Waals surface area (Å²) < 4.78 is 0. The highest BCUT2D eigenvalue weighted by Gasteiger charge is 2.28. The molecular weight excluding hydrogens is 210 g/mol. The highest BCUT2D eigenvalue weighted by molar-refractivity contribution is 5.78. The van der Waals surface area contributed by atoms with Gasteiger partial charge in [-0.05, 0) is 19.3 Å². The molecule has 0 aliphatic carbocycles. The largest absolute Gasteiger partial charge is 0.480 e. The number of hydrogen-bond acceptors (Lipinski definition) is 4. The molecule has 1 saturated heterocycles. The maximum atomic E-state index is 11.1. The first-order valence-corrected chi connectivity index (χ1v) is 5.22. The van der Waals surface area contributed by atoms with Crippen molar-refractivity contribution in [2.45, 2.75) is 25.3 Å². The number of carboxylic acid groups (broad SMARTS) is 1. The average molecular weight is 223 g/mol. The van der Waals surface area contributed by atoms with Crippen molar-refractivity contribution in [2.75, 3.05) is 11.4 Å². The van der Waals surface area contributed by atoms with Crippen LogP contribution in [0.4, 0.5) is 5.69 Å². The molecule has 1 aromatic rings. The molecule has 0 spiro atoms. The van der Waals surface area contributed by atoms with Crippen molar-refractivity contribution in [1.29, 1.82) is 0 Å². The lowest BCUT2D eigenvalue weighted by Gasteiger charge is -2.34. The Hall–Kier alpha value is -1.85. The fraction of sp³-hybridized carbons (Fsp3) is 0.500. The molecule has 2 rings (SSSR count). The van der Waals surface area contributed by atoms with Gasteiger partial charge in [0.2, 0.25) is 0 Å². The van der Waals surface area contributed by atoms with Crippen LogP contribution >= 0.6 is 0 Å². The molecule has 86 valence electrons. The van der Waals surface area contributed by atoms with Gasteiger partial charge >= 0.3 is 5.97 Å². The Morgan fingerprint density at radius 1 is 1.56 bits per heavy atom. The van der Waals surface area contributed by atoms with Crippen LogP contribution in [0.1, 0.15) is 19.3 Å². The molecule has 2 heterocycles. The minimum absolute atomic E-state index is 0.313. The molecule has 1 fully saturated rings. The number of piperidine rings is 1.